The molecule has 0 N–H and O–H groups in total. The first kappa shape index (κ1) is 16.5. The maximum absolute atomic E-state index is 12.3. The lowest BCUT2D eigenvalue weighted by atomic mass is 10.4. The first-order valence-corrected chi connectivity index (χ1v) is 8.93. The summed E-state index contributed by atoms with van der Waals surface area (Å²) >= 11 is 1.14. The summed E-state index contributed by atoms with van der Waals surface area (Å²) in [5, 5.41) is 8.26. The number of aromatic nitrogens is 3. The van der Waals surface area contributed by atoms with Gasteiger partial charge in [-0.25, -0.2) is 8.42 Å². The average Bonchev–Trinajstić information content (AvgIpc) is 2.86. The van der Waals surface area contributed by atoms with Gasteiger partial charge in [-0.3, -0.25) is 4.79 Å². The Hall–Kier alpha value is -1.87. The van der Waals surface area contributed by atoms with Crippen molar-refractivity contribution in [3.05, 3.63) is 36.2 Å². The van der Waals surface area contributed by atoms with Crippen LogP contribution in [0, 0.1) is 0 Å². The SMILES string of the molecule is COC(=O)CSc1nnc(CS(=O)(=O)c2ccccc2)n1C. The molecule has 9 heteroatoms. The lowest BCUT2D eigenvalue weighted by molar-refractivity contribution is -0.137. The summed E-state index contributed by atoms with van der Waals surface area (Å²) in [5.74, 6) is -0.226. The molecule has 22 heavy (non-hydrogen) atoms. The second kappa shape index (κ2) is 6.93. The molecule has 0 aliphatic carbocycles. The van der Waals surface area contributed by atoms with Gasteiger partial charge in [0.15, 0.2) is 15.0 Å². The lowest BCUT2D eigenvalue weighted by Gasteiger charge is -2.05. The molecule has 7 nitrogen and oxygen atoms in total. The van der Waals surface area contributed by atoms with Crippen LogP contribution in [0.5, 0.6) is 0 Å². The molecule has 0 spiro atoms. The molecule has 0 amide bonds. The van der Waals surface area contributed by atoms with E-state index < -0.39 is 9.84 Å². The van der Waals surface area contributed by atoms with Gasteiger partial charge < -0.3 is 9.30 Å². The van der Waals surface area contributed by atoms with Crippen molar-refractivity contribution in [2.45, 2.75) is 15.8 Å². The van der Waals surface area contributed by atoms with E-state index in [0.717, 1.165) is 11.8 Å². The quantitative estimate of drug-likeness (QED) is 0.573. The van der Waals surface area contributed by atoms with E-state index in [4.69, 9.17) is 0 Å². The molecule has 1 aromatic heterocycles. The Labute approximate surface area is 132 Å². The minimum atomic E-state index is -3.48. The number of nitrogens with zero attached hydrogens (tertiary/aromatic N) is 3. The average molecular weight is 341 g/mol. The number of sulfone groups is 1. The summed E-state index contributed by atoms with van der Waals surface area (Å²) in [6, 6.07) is 8.17. The van der Waals surface area contributed by atoms with Gasteiger partial charge in [0, 0.05) is 7.05 Å². The molecule has 1 aromatic carbocycles. The Balaban J connectivity index is 2.14. The van der Waals surface area contributed by atoms with Crippen molar-refractivity contribution in [1.82, 2.24) is 14.8 Å². The van der Waals surface area contributed by atoms with Gasteiger partial charge in [0.2, 0.25) is 0 Å². The summed E-state index contributed by atoms with van der Waals surface area (Å²) in [7, 11) is -0.517. The second-order valence-electron chi connectivity index (χ2n) is 4.39. The van der Waals surface area contributed by atoms with Crippen LogP contribution in [0.4, 0.5) is 0 Å². The number of carbonyl (C=O) groups is 1. The lowest BCUT2D eigenvalue weighted by Crippen LogP contribution is -2.10. The van der Waals surface area contributed by atoms with Gasteiger partial charge >= 0.3 is 5.97 Å². The van der Waals surface area contributed by atoms with Crippen LogP contribution in [-0.4, -0.2) is 42.0 Å². The highest BCUT2D eigenvalue weighted by molar-refractivity contribution is 7.99. The third-order valence-electron chi connectivity index (χ3n) is 2.89. The number of thioether (sulfide) groups is 1. The molecule has 0 fully saturated rings. The van der Waals surface area contributed by atoms with Crippen molar-refractivity contribution >= 4 is 27.6 Å². The maximum atomic E-state index is 12.3. The van der Waals surface area contributed by atoms with Crippen molar-refractivity contribution in [2.24, 2.45) is 7.05 Å². The zero-order valence-electron chi connectivity index (χ0n) is 12.1. The highest BCUT2D eigenvalue weighted by Crippen LogP contribution is 2.19. The van der Waals surface area contributed by atoms with E-state index in [2.05, 4.69) is 14.9 Å². The van der Waals surface area contributed by atoms with Crippen LogP contribution >= 0.6 is 11.8 Å². The number of methoxy groups -OCH3 is 1. The summed E-state index contributed by atoms with van der Waals surface area (Å²) in [6.07, 6.45) is 0. The normalized spacial score (nSPS) is 11.4. The van der Waals surface area contributed by atoms with Crippen LogP contribution in [-0.2, 0) is 32.2 Å². The molecule has 118 valence electrons. The molecule has 0 saturated heterocycles. The Morgan fingerprint density at radius 3 is 2.59 bits per heavy atom. The minimum absolute atomic E-state index is 0.0912. The fourth-order valence-electron chi connectivity index (χ4n) is 1.66. The van der Waals surface area contributed by atoms with Gasteiger partial charge in [-0.1, -0.05) is 30.0 Å². The molecule has 0 aliphatic rings. The zero-order chi connectivity index (χ0) is 16.2. The van der Waals surface area contributed by atoms with E-state index in [1.165, 1.54) is 7.11 Å². The van der Waals surface area contributed by atoms with E-state index in [-0.39, 0.29) is 22.4 Å². The van der Waals surface area contributed by atoms with Crippen LogP contribution in [0.25, 0.3) is 0 Å². The number of carbonyl (C=O) groups excluding carboxylic acids is 1. The summed E-state index contributed by atoms with van der Waals surface area (Å²) in [4.78, 5) is 11.4. The van der Waals surface area contributed by atoms with Gasteiger partial charge in [0.1, 0.15) is 11.6 Å². The third kappa shape index (κ3) is 3.86. The van der Waals surface area contributed by atoms with Crippen molar-refractivity contribution in [1.29, 1.82) is 0 Å². The smallest absolute Gasteiger partial charge is 0.316 e. The molecule has 0 bridgehead atoms. The number of hydrogen-bond acceptors (Lipinski definition) is 7. The monoisotopic (exact) mass is 341 g/mol. The fourth-order valence-corrected chi connectivity index (χ4v) is 3.75. The van der Waals surface area contributed by atoms with Crippen molar-refractivity contribution < 1.29 is 17.9 Å². The van der Waals surface area contributed by atoms with E-state index in [1.807, 2.05) is 0 Å². The Morgan fingerprint density at radius 1 is 1.27 bits per heavy atom. The fraction of sp³-hybridized carbons (Fsp3) is 0.308. The van der Waals surface area contributed by atoms with E-state index in [9.17, 15) is 13.2 Å². The van der Waals surface area contributed by atoms with Crippen LogP contribution in [0.3, 0.4) is 0 Å². The molecular formula is C13H15N3O4S2. The number of hydrogen-bond donors (Lipinski definition) is 0. The van der Waals surface area contributed by atoms with Gasteiger partial charge in [0.05, 0.1) is 17.8 Å². The Bertz CT molecular complexity index is 757. The van der Waals surface area contributed by atoms with E-state index >= 15 is 0 Å². The van der Waals surface area contributed by atoms with Crippen LogP contribution in [0.2, 0.25) is 0 Å². The second-order valence-corrected chi connectivity index (χ2v) is 7.33. The predicted octanol–water partition coefficient (Wildman–Crippen LogP) is 1.05. The third-order valence-corrected chi connectivity index (χ3v) is 5.52. The summed E-state index contributed by atoms with van der Waals surface area (Å²) in [6.45, 7) is 0. The van der Waals surface area contributed by atoms with Crippen molar-refractivity contribution in [3.8, 4) is 0 Å². The molecule has 0 unspecified atom stereocenters. The largest absolute Gasteiger partial charge is 0.468 e. The van der Waals surface area contributed by atoms with Gasteiger partial charge in [0.25, 0.3) is 0 Å². The molecular weight excluding hydrogens is 326 g/mol. The molecule has 2 aromatic rings. The van der Waals surface area contributed by atoms with Crippen LogP contribution < -0.4 is 0 Å². The summed E-state index contributed by atoms with van der Waals surface area (Å²) < 4.78 is 30.7. The number of ether oxygens (including phenoxy) is 1. The van der Waals surface area contributed by atoms with Gasteiger partial charge in [-0.2, -0.15) is 0 Å². The topological polar surface area (TPSA) is 91.2 Å². The molecule has 0 radical (unpaired) electrons. The molecule has 0 aliphatic heterocycles. The molecule has 0 saturated carbocycles. The zero-order valence-corrected chi connectivity index (χ0v) is 13.7. The van der Waals surface area contributed by atoms with Crippen molar-refractivity contribution in [2.75, 3.05) is 12.9 Å². The van der Waals surface area contributed by atoms with Crippen LogP contribution in [0.15, 0.2) is 40.4 Å². The molecule has 2 rings (SSSR count). The highest BCUT2D eigenvalue weighted by atomic mass is 32.2. The predicted molar refractivity (Wildman–Crippen MR) is 81.1 cm³/mol. The van der Waals surface area contributed by atoms with E-state index in [0.29, 0.717) is 11.0 Å². The van der Waals surface area contributed by atoms with Crippen molar-refractivity contribution in [3.63, 3.8) is 0 Å². The number of rotatable bonds is 6. The minimum Gasteiger partial charge on any atom is -0.468 e. The molecule has 1 heterocycles. The van der Waals surface area contributed by atoms with Crippen LogP contribution in [0.1, 0.15) is 5.82 Å². The Kier molecular flexibility index (Phi) is 5.19. The van der Waals surface area contributed by atoms with E-state index in [1.54, 1.807) is 41.9 Å². The first-order chi connectivity index (χ1) is 10.4. The molecule has 0 atom stereocenters. The van der Waals surface area contributed by atoms with Gasteiger partial charge in [-0.05, 0) is 12.1 Å². The van der Waals surface area contributed by atoms with Gasteiger partial charge in [-0.15, -0.1) is 10.2 Å². The Morgan fingerprint density at radius 2 is 1.95 bits per heavy atom. The number of esters is 1. The first-order valence-electron chi connectivity index (χ1n) is 6.29. The standard InChI is InChI=1S/C13H15N3O4S2/c1-16-11(14-15-13(16)21-8-12(17)20-2)9-22(18,19)10-6-4-3-5-7-10/h3-7H,8-9H2,1-2H3. The number of benzene rings is 1. The summed E-state index contributed by atoms with van der Waals surface area (Å²) in [5.41, 5.74) is 0. The maximum Gasteiger partial charge on any atom is 0.316 e. The highest BCUT2D eigenvalue weighted by Gasteiger charge is 2.20.